The van der Waals surface area contributed by atoms with Crippen LogP contribution in [0, 0.1) is 0 Å². The first-order chi connectivity index (χ1) is 14.0. The van der Waals surface area contributed by atoms with Gasteiger partial charge in [0.05, 0.1) is 18.0 Å². The second-order valence-corrected chi connectivity index (χ2v) is 9.14. The van der Waals surface area contributed by atoms with Crippen molar-refractivity contribution in [2.75, 3.05) is 20.2 Å². The number of carbonyl (C=O) groups is 1. The van der Waals surface area contributed by atoms with E-state index in [1.54, 1.807) is 25.3 Å². The fourth-order valence-electron chi connectivity index (χ4n) is 3.55. The van der Waals surface area contributed by atoms with Crippen molar-refractivity contribution in [2.24, 2.45) is 0 Å². The van der Waals surface area contributed by atoms with Gasteiger partial charge in [-0.05, 0) is 55.2 Å². The van der Waals surface area contributed by atoms with Gasteiger partial charge in [0.2, 0.25) is 10.0 Å². The zero-order valence-corrected chi connectivity index (χ0v) is 17.7. The molecule has 1 saturated heterocycles. The van der Waals surface area contributed by atoms with E-state index < -0.39 is 10.0 Å². The van der Waals surface area contributed by atoms with Crippen LogP contribution in [0.4, 0.5) is 0 Å². The number of nitrogens with one attached hydrogen (secondary N) is 1. The molecule has 1 heterocycles. The predicted octanol–water partition coefficient (Wildman–Crippen LogP) is 3.75. The Bertz CT molecular complexity index is 936. The molecule has 1 fully saturated rings. The molecule has 1 N–H and O–H groups in total. The Morgan fingerprint density at radius 2 is 1.79 bits per heavy atom. The summed E-state index contributed by atoms with van der Waals surface area (Å²) in [5.41, 5.74) is 1.31. The van der Waals surface area contributed by atoms with Gasteiger partial charge in [-0.3, -0.25) is 4.79 Å². The minimum Gasteiger partial charge on any atom is -0.497 e. The van der Waals surface area contributed by atoms with E-state index in [-0.39, 0.29) is 16.8 Å². The highest BCUT2D eigenvalue weighted by molar-refractivity contribution is 7.89. The van der Waals surface area contributed by atoms with E-state index in [1.165, 1.54) is 10.4 Å². The molecule has 1 aliphatic heterocycles. The van der Waals surface area contributed by atoms with Gasteiger partial charge in [-0.1, -0.05) is 31.5 Å². The summed E-state index contributed by atoms with van der Waals surface area (Å²) in [5, 5.41) is 3.01. The molecule has 0 spiro atoms. The van der Waals surface area contributed by atoms with E-state index in [0.29, 0.717) is 25.1 Å². The Morgan fingerprint density at radius 1 is 1.10 bits per heavy atom. The van der Waals surface area contributed by atoms with Crippen molar-refractivity contribution in [3.8, 4) is 5.75 Å². The lowest BCUT2D eigenvalue weighted by atomic mass is 10.0. The minimum atomic E-state index is -3.57. The van der Waals surface area contributed by atoms with Gasteiger partial charge >= 0.3 is 0 Å². The summed E-state index contributed by atoms with van der Waals surface area (Å²) in [6.45, 7) is 3.06. The molecule has 156 valence electrons. The number of nitrogens with zero attached hydrogens (tertiary/aromatic N) is 1. The van der Waals surface area contributed by atoms with Gasteiger partial charge in [0, 0.05) is 18.7 Å². The molecule has 1 aliphatic rings. The van der Waals surface area contributed by atoms with Crippen LogP contribution >= 0.6 is 0 Å². The van der Waals surface area contributed by atoms with Gasteiger partial charge in [0.15, 0.2) is 0 Å². The maximum atomic E-state index is 12.9. The molecule has 3 rings (SSSR count). The van der Waals surface area contributed by atoms with Crippen LogP contribution in [0.3, 0.4) is 0 Å². The number of piperidine rings is 1. The first kappa shape index (κ1) is 21.3. The monoisotopic (exact) mass is 416 g/mol. The van der Waals surface area contributed by atoms with Crippen molar-refractivity contribution in [3.63, 3.8) is 0 Å². The lowest BCUT2D eigenvalue weighted by molar-refractivity contribution is 0.0935. The molecule has 1 amide bonds. The number of carbonyl (C=O) groups excluding carboxylic acids is 1. The number of sulfonamides is 1. The highest BCUT2D eigenvalue weighted by atomic mass is 32.2. The zero-order chi connectivity index (χ0) is 20.9. The Balaban J connectivity index is 1.77. The lowest BCUT2D eigenvalue weighted by Crippen LogP contribution is -2.35. The fraction of sp³-hybridized carbons (Fsp3) is 0.409. The maximum Gasteiger partial charge on any atom is 0.251 e. The van der Waals surface area contributed by atoms with Crippen molar-refractivity contribution in [1.29, 1.82) is 0 Å². The molecule has 6 nitrogen and oxygen atoms in total. The summed E-state index contributed by atoms with van der Waals surface area (Å²) in [7, 11) is -1.96. The second-order valence-electron chi connectivity index (χ2n) is 7.20. The van der Waals surface area contributed by atoms with Gasteiger partial charge in [-0.25, -0.2) is 8.42 Å². The Labute approximate surface area is 172 Å². The number of amides is 1. The molecule has 7 heteroatoms. The summed E-state index contributed by atoms with van der Waals surface area (Å²) in [6, 6.07) is 13.7. The maximum absolute atomic E-state index is 12.9. The van der Waals surface area contributed by atoms with Crippen LogP contribution in [0.5, 0.6) is 5.75 Å². The molecule has 0 radical (unpaired) electrons. The fourth-order valence-corrected chi connectivity index (χ4v) is 5.11. The Morgan fingerprint density at radius 3 is 2.41 bits per heavy atom. The van der Waals surface area contributed by atoms with Crippen molar-refractivity contribution in [1.82, 2.24) is 9.62 Å². The smallest absolute Gasteiger partial charge is 0.251 e. The molecule has 0 saturated carbocycles. The Hall–Kier alpha value is -2.38. The van der Waals surface area contributed by atoms with Gasteiger partial charge < -0.3 is 10.1 Å². The Kier molecular flexibility index (Phi) is 6.92. The third-order valence-corrected chi connectivity index (χ3v) is 7.18. The highest BCUT2D eigenvalue weighted by Crippen LogP contribution is 2.23. The molecule has 1 atom stereocenters. The third kappa shape index (κ3) is 4.97. The zero-order valence-electron chi connectivity index (χ0n) is 16.9. The molecule has 0 bridgehead atoms. The van der Waals surface area contributed by atoms with E-state index in [4.69, 9.17) is 4.74 Å². The second kappa shape index (κ2) is 9.41. The van der Waals surface area contributed by atoms with E-state index in [9.17, 15) is 13.2 Å². The van der Waals surface area contributed by atoms with Crippen LogP contribution in [-0.2, 0) is 10.0 Å². The predicted molar refractivity (Wildman–Crippen MR) is 113 cm³/mol. The minimum absolute atomic E-state index is 0.171. The summed E-state index contributed by atoms with van der Waals surface area (Å²) in [6.07, 6.45) is 3.51. The summed E-state index contributed by atoms with van der Waals surface area (Å²) >= 11 is 0. The standard InChI is InChI=1S/C22H28N2O4S/c1-3-21(17-10-12-19(28-2)13-11-17)23-22(25)18-8-7-9-20(16-18)29(26,27)24-14-5-4-6-15-24/h7-13,16,21H,3-6,14-15H2,1-2H3,(H,23,25)/t21-/m0/s1. The quantitative estimate of drug-likeness (QED) is 0.746. The number of hydrogen-bond donors (Lipinski definition) is 1. The number of methoxy groups -OCH3 is 1. The summed E-state index contributed by atoms with van der Waals surface area (Å²) in [4.78, 5) is 13.0. The first-order valence-electron chi connectivity index (χ1n) is 10.0. The van der Waals surface area contributed by atoms with Gasteiger partial charge in [0.1, 0.15) is 5.75 Å². The summed E-state index contributed by atoms with van der Waals surface area (Å²) in [5.74, 6) is 0.467. The number of benzene rings is 2. The van der Waals surface area contributed by atoms with E-state index in [2.05, 4.69) is 5.32 Å². The first-order valence-corrected chi connectivity index (χ1v) is 11.4. The number of rotatable bonds is 7. The molecule has 0 aliphatic carbocycles. The van der Waals surface area contributed by atoms with E-state index in [1.807, 2.05) is 31.2 Å². The molecule has 0 aromatic heterocycles. The average Bonchev–Trinajstić information content (AvgIpc) is 2.78. The SMILES string of the molecule is CC[C@H](NC(=O)c1cccc(S(=O)(=O)N2CCCCC2)c1)c1ccc(OC)cc1. The molecular formula is C22H28N2O4S. The van der Waals surface area contributed by atoms with Crippen LogP contribution in [0.2, 0.25) is 0 Å². The molecular weight excluding hydrogens is 388 g/mol. The van der Waals surface area contributed by atoms with Crippen LogP contribution < -0.4 is 10.1 Å². The van der Waals surface area contributed by atoms with Crippen molar-refractivity contribution in [2.45, 2.75) is 43.5 Å². The third-order valence-electron chi connectivity index (χ3n) is 5.28. The van der Waals surface area contributed by atoms with E-state index >= 15 is 0 Å². The highest BCUT2D eigenvalue weighted by Gasteiger charge is 2.26. The van der Waals surface area contributed by atoms with Crippen molar-refractivity contribution < 1.29 is 17.9 Å². The van der Waals surface area contributed by atoms with Gasteiger partial charge in [-0.15, -0.1) is 0 Å². The van der Waals surface area contributed by atoms with Gasteiger partial charge in [-0.2, -0.15) is 4.31 Å². The number of hydrogen-bond acceptors (Lipinski definition) is 4. The normalized spacial score (nSPS) is 16.2. The molecule has 2 aromatic rings. The van der Waals surface area contributed by atoms with Gasteiger partial charge in [0.25, 0.3) is 5.91 Å². The van der Waals surface area contributed by atoms with Crippen molar-refractivity contribution >= 4 is 15.9 Å². The number of ether oxygens (including phenoxy) is 1. The lowest BCUT2D eigenvalue weighted by Gasteiger charge is -2.26. The molecule has 2 aromatic carbocycles. The molecule has 0 unspecified atom stereocenters. The largest absolute Gasteiger partial charge is 0.497 e. The van der Waals surface area contributed by atoms with E-state index in [0.717, 1.165) is 30.6 Å². The topological polar surface area (TPSA) is 75.7 Å². The van der Waals surface area contributed by atoms with Crippen LogP contribution in [0.1, 0.15) is 54.6 Å². The van der Waals surface area contributed by atoms with Crippen LogP contribution in [-0.4, -0.2) is 38.8 Å². The molecule has 29 heavy (non-hydrogen) atoms. The van der Waals surface area contributed by atoms with Crippen LogP contribution in [0.25, 0.3) is 0 Å². The van der Waals surface area contributed by atoms with Crippen molar-refractivity contribution in [3.05, 3.63) is 59.7 Å². The average molecular weight is 417 g/mol. The van der Waals surface area contributed by atoms with Crippen LogP contribution in [0.15, 0.2) is 53.4 Å². The summed E-state index contributed by atoms with van der Waals surface area (Å²) < 4.78 is 32.5.